The van der Waals surface area contributed by atoms with E-state index in [4.69, 9.17) is 0 Å². The van der Waals surface area contributed by atoms with Crippen LogP contribution in [-0.4, -0.2) is 25.7 Å². The van der Waals surface area contributed by atoms with E-state index in [2.05, 4.69) is 20.8 Å². The highest BCUT2D eigenvalue weighted by Gasteiger charge is 2.29. The van der Waals surface area contributed by atoms with Crippen LogP contribution in [0.1, 0.15) is 49.5 Å². The summed E-state index contributed by atoms with van der Waals surface area (Å²) in [6, 6.07) is 7.68. The number of sulfone groups is 1. The van der Waals surface area contributed by atoms with Gasteiger partial charge in [-0.25, -0.2) is 8.42 Å². The van der Waals surface area contributed by atoms with E-state index < -0.39 is 9.84 Å². The van der Waals surface area contributed by atoms with E-state index >= 15 is 0 Å². The molecule has 1 saturated heterocycles. The van der Waals surface area contributed by atoms with Crippen LogP contribution in [-0.2, 0) is 15.3 Å². The Labute approximate surface area is 121 Å². The first-order chi connectivity index (χ1) is 9.17. The fraction of sp³-hybridized carbons (Fsp3) is 0.562. The summed E-state index contributed by atoms with van der Waals surface area (Å²) in [5, 5.41) is 0. The summed E-state index contributed by atoms with van der Waals surface area (Å²) in [5.74, 6) is 0.439. The van der Waals surface area contributed by atoms with E-state index in [-0.39, 0.29) is 28.6 Å². The fourth-order valence-electron chi connectivity index (χ4n) is 2.57. The molecule has 20 heavy (non-hydrogen) atoms. The highest BCUT2D eigenvalue weighted by molar-refractivity contribution is 7.91. The molecule has 4 heteroatoms. The number of carbonyl (C=O) groups is 1. The van der Waals surface area contributed by atoms with Gasteiger partial charge >= 0.3 is 0 Å². The molecule has 1 aromatic carbocycles. The summed E-state index contributed by atoms with van der Waals surface area (Å²) in [6.45, 7) is 6.40. The lowest BCUT2D eigenvalue weighted by molar-refractivity contribution is 0.0965. The molecule has 0 N–H and O–H groups in total. The van der Waals surface area contributed by atoms with Crippen LogP contribution in [0.4, 0.5) is 0 Å². The van der Waals surface area contributed by atoms with Crippen LogP contribution in [0.15, 0.2) is 24.3 Å². The van der Waals surface area contributed by atoms with Gasteiger partial charge in [-0.15, -0.1) is 0 Å². The average molecular weight is 294 g/mol. The van der Waals surface area contributed by atoms with Crippen LogP contribution in [0.25, 0.3) is 0 Å². The average Bonchev–Trinajstić information content (AvgIpc) is 2.67. The van der Waals surface area contributed by atoms with Gasteiger partial charge in [0.15, 0.2) is 15.6 Å². The molecule has 1 fully saturated rings. The first kappa shape index (κ1) is 15.2. The van der Waals surface area contributed by atoms with Gasteiger partial charge in [-0.05, 0) is 23.3 Å². The minimum absolute atomic E-state index is 0.00482. The lowest BCUT2D eigenvalue weighted by Gasteiger charge is -2.19. The fourth-order valence-corrected chi connectivity index (χ4v) is 4.43. The van der Waals surface area contributed by atoms with Crippen molar-refractivity contribution in [3.63, 3.8) is 0 Å². The second kappa shape index (κ2) is 5.32. The Hall–Kier alpha value is -1.16. The summed E-state index contributed by atoms with van der Waals surface area (Å²) >= 11 is 0. The van der Waals surface area contributed by atoms with Crippen LogP contribution >= 0.6 is 0 Å². The van der Waals surface area contributed by atoms with Gasteiger partial charge in [0, 0.05) is 12.0 Å². The smallest absolute Gasteiger partial charge is 0.163 e. The van der Waals surface area contributed by atoms with Gasteiger partial charge in [0.1, 0.15) is 0 Å². The highest BCUT2D eigenvalue weighted by atomic mass is 32.2. The quantitative estimate of drug-likeness (QED) is 0.805. The minimum Gasteiger partial charge on any atom is -0.294 e. The number of hydrogen-bond donors (Lipinski definition) is 0. The zero-order chi connectivity index (χ0) is 15.0. The van der Waals surface area contributed by atoms with Crippen molar-refractivity contribution in [2.24, 2.45) is 5.92 Å². The third-order valence-electron chi connectivity index (χ3n) is 3.87. The number of benzene rings is 1. The van der Waals surface area contributed by atoms with Crippen molar-refractivity contribution < 1.29 is 13.2 Å². The van der Waals surface area contributed by atoms with Gasteiger partial charge in [-0.2, -0.15) is 0 Å². The maximum atomic E-state index is 12.2. The monoisotopic (exact) mass is 294 g/mol. The summed E-state index contributed by atoms with van der Waals surface area (Å²) in [6.07, 6.45) is 0.961. The second-order valence-electron chi connectivity index (χ2n) is 6.72. The molecule has 1 aromatic rings. The second-order valence-corrected chi connectivity index (χ2v) is 8.95. The van der Waals surface area contributed by atoms with E-state index in [1.165, 1.54) is 5.56 Å². The van der Waals surface area contributed by atoms with Crippen molar-refractivity contribution >= 4 is 15.6 Å². The molecule has 1 unspecified atom stereocenters. The molecule has 3 nitrogen and oxygen atoms in total. The molecule has 0 aliphatic carbocycles. The topological polar surface area (TPSA) is 51.2 Å². The van der Waals surface area contributed by atoms with Crippen molar-refractivity contribution in [2.45, 2.75) is 39.0 Å². The zero-order valence-corrected chi connectivity index (χ0v) is 13.2. The molecule has 2 rings (SSSR count). The van der Waals surface area contributed by atoms with Crippen molar-refractivity contribution in [3.05, 3.63) is 35.4 Å². The molecule has 0 spiro atoms. The Kier molecular flexibility index (Phi) is 4.05. The Morgan fingerprint density at radius 2 is 1.80 bits per heavy atom. The number of ketones is 1. The van der Waals surface area contributed by atoms with Crippen molar-refractivity contribution in [1.82, 2.24) is 0 Å². The molecular formula is C16H22O3S. The molecular weight excluding hydrogens is 272 g/mol. The van der Waals surface area contributed by atoms with E-state index in [9.17, 15) is 13.2 Å². The van der Waals surface area contributed by atoms with Gasteiger partial charge in [-0.1, -0.05) is 45.0 Å². The Morgan fingerprint density at radius 1 is 1.20 bits per heavy atom. The van der Waals surface area contributed by atoms with E-state index in [1.807, 2.05) is 24.3 Å². The largest absolute Gasteiger partial charge is 0.294 e. The Balaban J connectivity index is 2.03. The van der Waals surface area contributed by atoms with Gasteiger partial charge in [0.25, 0.3) is 0 Å². The lowest BCUT2D eigenvalue weighted by atomic mass is 9.86. The van der Waals surface area contributed by atoms with Crippen molar-refractivity contribution in [2.75, 3.05) is 11.5 Å². The number of hydrogen-bond acceptors (Lipinski definition) is 3. The van der Waals surface area contributed by atoms with Gasteiger partial charge in [0.2, 0.25) is 0 Å². The van der Waals surface area contributed by atoms with Crippen LogP contribution in [0.5, 0.6) is 0 Å². The van der Waals surface area contributed by atoms with Crippen LogP contribution in [0.3, 0.4) is 0 Å². The maximum absolute atomic E-state index is 12.2. The summed E-state index contributed by atoms with van der Waals surface area (Å²) in [5.41, 5.74) is 1.95. The summed E-state index contributed by atoms with van der Waals surface area (Å²) < 4.78 is 22.8. The number of rotatable bonds is 3. The predicted molar refractivity (Wildman–Crippen MR) is 80.9 cm³/mol. The van der Waals surface area contributed by atoms with Crippen LogP contribution in [0.2, 0.25) is 0 Å². The molecule has 0 radical (unpaired) electrons. The highest BCUT2D eigenvalue weighted by Crippen LogP contribution is 2.25. The standard InChI is InChI=1S/C16H22O3S/c1-16(2,3)14-6-4-13(5-7-14)15(17)10-12-8-9-20(18,19)11-12/h4-7,12H,8-11H2,1-3H3. The predicted octanol–water partition coefficient (Wildman–Crippen LogP) is 2.99. The normalized spacial score (nSPS) is 21.9. The third-order valence-corrected chi connectivity index (χ3v) is 5.71. The minimum atomic E-state index is -2.90. The Morgan fingerprint density at radius 3 is 2.25 bits per heavy atom. The molecule has 0 bridgehead atoms. The van der Waals surface area contributed by atoms with E-state index in [1.54, 1.807) is 0 Å². The molecule has 1 aliphatic heterocycles. The third kappa shape index (κ3) is 3.69. The Bertz CT molecular complexity index is 592. The van der Waals surface area contributed by atoms with Gasteiger partial charge in [-0.3, -0.25) is 4.79 Å². The number of Topliss-reactive ketones (excluding diaryl/α,β-unsaturated/α-hetero) is 1. The van der Waals surface area contributed by atoms with Crippen molar-refractivity contribution in [3.8, 4) is 0 Å². The molecule has 0 saturated carbocycles. The van der Waals surface area contributed by atoms with Gasteiger partial charge in [0.05, 0.1) is 11.5 Å². The first-order valence-corrected chi connectivity index (χ1v) is 8.84. The van der Waals surface area contributed by atoms with Crippen LogP contribution in [0, 0.1) is 5.92 Å². The van der Waals surface area contributed by atoms with Crippen LogP contribution < -0.4 is 0 Å². The molecule has 0 amide bonds. The summed E-state index contributed by atoms with van der Waals surface area (Å²) in [7, 11) is -2.90. The maximum Gasteiger partial charge on any atom is 0.163 e. The lowest BCUT2D eigenvalue weighted by Crippen LogP contribution is -2.13. The van der Waals surface area contributed by atoms with E-state index in [0.29, 0.717) is 18.4 Å². The SMILES string of the molecule is CC(C)(C)c1ccc(C(=O)CC2CCS(=O)(=O)C2)cc1. The molecule has 1 aliphatic rings. The first-order valence-electron chi connectivity index (χ1n) is 7.01. The molecule has 110 valence electrons. The van der Waals surface area contributed by atoms with E-state index in [0.717, 1.165) is 0 Å². The summed E-state index contributed by atoms with van der Waals surface area (Å²) in [4.78, 5) is 12.2. The zero-order valence-electron chi connectivity index (χ0n) is 12.3. The van der Waals surface area contributed by atoms with Crippen molar-refractivity contribution in [1.29, 1.82) is 0 Å². The number of carbonyl (C=O) groups excluding carboxylic acids is 1. The molecule has 1 heterocycles. The molecule has 1 atom stereocenters. The molecule has 0 aromatic heterocycles. The van der Waals surface area contributed by atoms with Gasteiger partial charge < -0.3 is 0 Å².